The fourth-order valence-corrected chi connectivity index (χ4v) is 4.33. The van der Waals surface area contributed by atoms with Gasteiger partial charge in [-0.1, -0.05) is 73.3 Å². The van der Waals surface area contributed by atoms with E-state index in [1.807, 2.05) is 7.28 Å². The summed E-state index contributed by atoms with van der Waals surface area (Å²) in [6.45, 7) is 24.2. The minimum Gasteiger partial charge on any atom is -0.311 e. The van der Waals surface area contributed by atoms with Crippen molar-refractivity contribution in [3.05, 3.63) is 0 Å². The molecule has 0 atom stereocenters. The first-order valence-electron chi connectivity index (χ1n) is 10.5. The standard InChI is InChI=1S/C21H42B2N2O/c1-17(2)22-15-20(5,6)14-21(7,8)16-25-11-9-24(10-12-25)13-19(26)23-18(3)4/h17-18H,9-16H2,1-8H3. The summed E-state index contributed by atoms with van der Waals surface area (Å²) in [6, 6.07) is 0. The third-order valence-electron chi connectivity index (χ3n) is 5.11. The van der Waals surface area contributed by atoms with Crippen LogP contribution < -0.4 is 0 Å². The number of nitrogens with zero attached hydrogens (tertiary/aromatic N) is 2. The quantitative estimate of drug-likeness (QED) is 0.520. The zero-order chi connectivity index (χ0) is 20.0. The molecule has 0 spiro atoms. The number of hydrogen-bond acceptors (Lipinski definition) is 3. The van der Waals surface area contributed by atoms with Crippen molar-refractivity contribution in [1.29, 1.82) is 0 Å². The van der Waals surface area contributed by atoms with Crippen molar-refractivity contribution >= 4 is 20.2 Å². The van der Waals surface area contributed by atoms with Gasteiger partial charge in [0.25, 0.3) is 0 Å². The van der Waals surface area contributed by atoms with Gasteiger partial charge in [0.05, 0.1) is 5.68 Å². The van der Waals surface area contributed by atoms with E-state index in [4.69, 9.17) is 0 Å². The van der Waals surface area contributed by atoms with Crippen LogP contribution in [0.3, 0.4) is 0 Å². The SMILES string of the molecule is CC(C)[B]CC(C)(C)CC(C)(C)CN1CCN(CC(=O)[B]C(C)C)CC1. The van der Waals surface area contributed by atoms with Gasteiger partial charge < -0.3 is 9.69 Å². The number of piperazine rings is 1. The third-order valence-corrected chi connectivity index (χ3v) is 5.11. The van der Waals surface area contributed by atoms with Crippen LogP contribution in [0.2, 0.25) is 18.0 Å². The molecular formula is C21H42B2N2O. The zero-order valence-electron chi connectivity index (χ0n) is 18.8. The number of rotatable bonds is 11. The van der Waals surface area contributed by atoms with Crippen molar-refractivity contribution in [1.82, 2.24) is 9.80 Å². The molecule has 0 aromatic rings. The highest BCUT2D eigenvalue weighted by Gasteiger charge is 2.31. The highest BCUT2D eigenvalue weighted by molar-refractivity contribution is 6.75. The Labute approximate surface area is 165 Å². The van der Waals surface area contributed by atoms with Crippen molar-refractivity contribution < 1.29 is 4.79 Å². The van der Waals surface area contributed by atoms with E-state index < -0.39 is 0 Å². The first kappa shape index (κ1) is 23.8. The first-order chi connectivity index (χ1) is 11.9. The van der Waals surface area contributed by atoms with E-state index >= 15 is 0 Å². The maximum Gasteiger partial charge on any atom is 0.206 e. The molecule has 1 fully saturated rings. The molecular weight excluding hydrogens is 318 g/mol. The monoisotopic (exact) mass is 360 g/mol. The van der Waals surface area contributed by atoms with Gasteiger partial charge in [-0.25, -0.2) is 0 Å². The molecule has 5 heteroatoms. The zero-order valence-corrected chi connectivity index (χ0v) is 18.8. The van der Waals surface area contributed by atoms with Crippen molar-refractivity contribution in [2.45, 2.75) is 79.8 Å². The highest BCUT2D eigenvalue weighted by atomic mass is 16.1. The molecule has 0 aliphatic carbocycles. The molecule has 26 heavy (non-hydrogen) atoms. The Kier molecular flexibility index (Phi) is 9.43. The lowest BCUT2D eigenvalue weighted by molar-refractivity contribution is -0.113. The first-order valence-corrected chi connectivity index (χ1v) is 10.5. The lowest BCUT2D eigenvalue weighted by Gasteiger charge is -2.42. The van der Waals surface area contributed by atoms with Gasteiger partial charge in [-0.2, -0.15) is 0 Å². The Balaban J connectivity index is 2.39. The molecule has 0 aromatic carbocycles. The molecule has 1 heterocycles. The summed E-state index contributed by atoms with van der Waals surface area (Å²) in [5, 5.41) is 0. The van der Waals surface area contributed by atoms with Crippen LogP contribution in [0.25, 0.3) is 0 Å². The molecule has 1 rings (SSSR count). The predicted octanol–water partition coefficient (Wildman–Crippen LogP) is 4.06. The van der Waals surface area contributed by atoms with Crippen LogP contribution >= 0.6 is 0 Å². The summed E-state index contributed by atoms with van der Waals surface area (Å²) in [6.07, 6.45) is 2.43. The fourth-order valence-electron chi connectivity index (χ4n) is 4.33. The van der Waals surface area contributed by atoms with Gasteiger partial charge in [0.2, 0.25) is 7.28 Å². The van der Waals surface area contributed by atoms with Gasteiger partial charge in [0.1, 0.15) is 7.28 Å². The number of carbonyl (C=O) groups is 1. The Bertz CT molecular complexity index is 428. The van der Waals surface area contributed by atoms with Crippen molar-refractivity contribution in [2.24, 2.45) is 10.8 Å². The lowest BCUT2D eigenvalue weighted by Crippen LogP contribution is -2.51. The molecule has 0 aromatic heterocycles. The summed E-state index contributed by atoms with van der Waals surface area (Å²) >= 11 is 0. The smallest absolute Gasteiger partial charge is 0.206 e. The van der Waals surface area contributed by atoms with Crippen LogP contribution in [0.1, 0.15) is 61.8 Å². The van der Waals surface area contributed by atoms with E-state index in [-0.39, 0.29) is 5.68 Å². The summed E-state index contributed by atoms with van der Waals surface area (Å²) < 4.78 is 0. The van der Waals surface area contributed by atoms with Gasteiger partial charge in [-0.3, -0.25) is 4.90 Å². The Hall–Kier alpha value is -0.280. The molecule has 0 saturated carbocycles. The topological polar surface area (TPSA) is 23.6 Å². The second-order valence-electron chi connectivity index (χ2n) is 10.6. The number of hydrogen-bond donors (Lipinski definition) is 0. The normalized spacial score (nSPS) is 17.8. The van der Waals surface area contributed by atoms with Gasteiger partial charge in [-0.15, -0.1) is 0 Å². The van der Waals surface area contributed by atoms with Crippen molar-refractivity contribution in [3.8, 4) is 0 Å². The molecule has 0 unspecified atom stereocenters. The van der Waals surface area contributed by atoms with Gasteiger partial charge in [0, 0.05) is 39.3 Å². The Morgan fingerprint density at radius 1 is 0.885 bits per heavy atom. The minimum absolute atomic E-state index is 0.275. The molecule has 3 nitrogen and oxygen atoms in total. The second kappa shape index (κ2) is 10.3. The maximum atomic E-state index is 12.0. The Morgan fingerprint density at radius 2 is 1.42 bits per heavy atom. The van der Waals surface area contributed by atoms with E-state index in [9.17, 15) is 4.79 Å². The summed E-state index contributed by atoms with van der Waals surface area (Å²) in [7, 11) is 4.31. The largest absolute Gasteiger partial charge is 0.311 e. The molecule has 0 bridgehead atoms. The van der Waals surface area contributed by atoms with E-state index in [0.29, 0.717) is 29.0 Å². The van der Waals surface area contributed by atoms with Gasteiger partial charge in [-0.05, 0) is 17.3 Å². The molecule has 148 valence electrons. The minimum atomic E-state index is 0.275. The van der Waals surface area contributed by atoms with E-state index in [1.165, 1.54) is 12.7 Å². The third kappa shape index (κ3) is 10.2. The summed E-state index contributed by atoms with van der Waals surface area (Å²) in [5.74, 6) is 1.02. The van der Waals surface area contributed by atoms with Crippen LogP contribution in [0.5, 0.6) is 0 Å². The van der Waals surface area contributed by atoms with Crippen molar-refractivity contribution in [3.63, 3.8) is 0 Å². The van der Waals surface area contributed by atoms with Gasteiger partial charge in [0.15, 0.2) is 0 Å². The average Bonchev–Trinajstić information content (AvgIpc) is 2.45. The molecule has 1 aliphatic heterocycles. The van der Waals surface area contributed by atoms with E-state index in [0.717, 1.165) is 32.7 Å². The van der Waals surface area contributed by atoms with Crippen LogP contribution in [0, 0.1) is 10.8 Å². The molecule has 0 amide bonds. The maximum absolute atomic E-state index is 12.0. The predicted molar refractivity (Wildman–Crippen MR) is 117 cm³/mol. The number of carbonyl (C=O) groups excluding carboxylic acids is 1. The van der Waals surface area contributed by atoms with Gasteiger partial charge >= 0.3 is 0 Å². The molecule has 0 N–H and O–H groups in total. The fraction of sp³-hybridized carbons (Fsp3) is 0.952. The summed E-state index contributed by atoms with van der Waals surface area (Å²) in [4.78, 5) is 16.9. The van der Waals surface area contributed by atoms with Crippen LogP contribution in [0.4, 0.5) is 0 Å². The average molecular weight is 360 g/mol. The Morgan fingerprint density at radius 3 is 1.92 bits per heavy atom. The van der Waals surface area contributed by atoms with Crippen LogP contribution in [0.15, 0.2) is 0 Å². The second-order valence-corrected chi connectivity index (χ2v) is 10.6. The highest BCUT2D eigenvalue weighted by Crippen LogP contribution is 2.37. The van der Waals surface area contributed by atoms with E-state index in [1.54, 1.807) is 0 Å². The van der Waals surface area contributed by atoms with Crippen molar-refractivity contribution in [2.75, 3.05) is 39.3 Å². The van der Waals surface area contributed by atoms with Crippen LogP contribution in [-0.4, -0.2) is 69.3 Å². The lowest BCUT2D eigenvalue weighted by atomic mass is 9.55. The molecule has 1 aliphatic rings. The molecule has 1 saturated heterocycles. The molecule has 2 radical (unpaired) electrons. The van der Waals surface area contributed by atoms with E-state index in [2.05, 4.69) is 72.5 Å². The van der Waals surface area contributed by atoms with Crippen LogP contribution in [-0.2, 0) is 4.79 Å². The summed E-state index contributed by atoms with van der Waals surface area (Å²) in [5.41, 5.74) is 0.948.